The Kier molecular flexibility index (Phi) is 6.29. The number of unbranched alkanes of at least 4 members (excludes halogenated alkanes) is 3. The lowest BCUT2D eigenvalue weighted by Gasteiger charge is -2.03. The fourth-order valence-corrected chi connectivity index (χ4v) is 2.87. The smallest absolute Gasteiger partial charge is 0.162 e. The van der Waals surface area contributed by atoms with Crippen molar-refractivity contribution < 1.29 is 4.79 Å². The fraction of sp³-hybridized carbons (Fsp3) is 0.462. The highest BCUT2D eigenvalue weighted by Gasteiger charge is 2.07. The van der Waals surface area contributed by atoms with Gasteiger partial charge in [-0.15, -0.1) is 0 Å². The van der Waals surface area contributed by atoms with Gasteiger partial charge in [-0.05, 0) is 24.6 Å². The number of carbonyl (C=O) groups excluding carboxylic acids is 1. The summed E-state index contributed by atoms with van der Waals surface area (Å²) in [4.78, 5) is 11.9. The molecule has 16 heavy (non-hydrogen) atoms. The third-order valence-electron chi connectivity index (χ3n) is 2.44. The average Bonchev–Trinajstić information content (AvgIpc) is 2.22. The van der Waals surface area contributed by atoms with Crippen LogP contribution in [0.3, 0.4) is 0 Å². The van der Waals surface area contributed by atoms with Gasteiger partial charge in [-0.1, -0.05) is 58.0 Å². The first-order valence-electron chi connectivity index (χ1n) is 5.62. The average molecular weight is 348 g/mol. The van der Waals surface area contributed by atoms with Crippen molar-refractivity contribution in [3.8, 4) is 0 Å². The molecule has 0 heterocycles. The molecule has 1 nitrogen and oxygen atoms in total. The summed E-state index contributed by atoms with van der Waals surface area (Å²) in [5, 5.41) is 0. The maximum absolute atomic E-state index is 11.9. The molecule has 0 spiro atoms. The molecule has 1 aromatic carbocycles. The van der Waals surface area contributed by atoms with E-state index in [1.165, 1.54) is 12.8 Å². The Hall–Kier alpha value is -0.150. The zero-order chi connectivity index (χ0) is 12.0. The summed E-state index contributed by atoms with van der Waals surface area (Å²) in [5.41, 5.74) is 0.790. The first-order chi connectivity index (χ1) is 7.63. The lowest BCUT2D eigenvalue weighted by Crippen LogP contribution is -1.99. The third kappa shape index (κ3) is 4.79. The van der Waals surface area contributed by atoms with E-state index in [0.29, 0.717) is 6.42 Å². The van der Waals surface area contributed by atoms with Crippen LogP contribution in [0.2, 0.25) is 0 Å². The molecule has 0 N–H and O–H groups in total. The lowest BCUT2D eigenvalue weighted by molar-refractivity contribution is 0.0979. The Morgan fingerprint density at radius 3 is 2.25 bits per heavy atom. The van der Waals surface area contributed by atoms with Crippen LogP contribution in [0.15, 0.2) is 27.1 Å². The van der Waals surface area contributed by atoms with Crippen LogP contribution in [-0.4, -0.2) is 5.78 Å². The SMILES string of the molecule is CCCCCCC(=O)c1cc(Br)cc(Br)c1. The first kappa shape index (κ1) is 13.9. The van der Waals surface area contributed by atoms with Gasteiger partial charge in [0.1, 0.15) is 0 Å². The minimum absolute atomic E-state index is 0.234. The molecule has 3 heteroatoms. The van der Waals surface area contributed by atoms with Gasteiger partial charge in [0.05, 0.1) is 0 Å². The lowest BCUT2D eigenvalue weighted by atomic mass is 10.0. The van der Waals surface area contributed by atoms with Crippen molar-refractivity contribution in [2.75, 3.05) is 0 Å². The number of Topliss-reactive ketones (excluding diaryl/α,β-unsaturated/α-hetero) is 1. The summed E-state index contributed by atoms with van der Waals surface area (Å²) in [5.74, 6) is 0.234. The normalized spacial score (nSPS) is 10.4. The predicted octanol–water partition coefficient (Wildman–Crippen LogP) is 5.36. The Morgan fingerprint density at radius 1 is 1.06 bits per heavy atom. The van der Waals surface area contributed by atoms with Crippen molar-refractivity contribution in [2.45, 2.75) is 39.0 Å². The second-order valence-corrected chi connectivity index (χ2v) is 5.72. The zero-order valence-electron chi connectivity index (χ0n) is 9.43. The Morgan fingerprint density at radius 2 is 1.69 bits per heavy atom. The van der Waals surface area contributed by atoms with Crippen LogP contribution in [0.1, 0.15) is 49.4 Å². The van der Waals surface area contributed by atoms with Gasteiger partial charge >= 0.3 is 0 Å². The number of halogens is 2. The number of ketones is 1. The summed E-state index contributed by atoms with van der Waals surface area (Å²) < 4.78 is 1.89. The van der Waals surface area contributed by atoms with Crippen LogP contribution >= 0.6 is 31.9 Å². The quantitative estimate of drug-likeness (QED) is 0.499. The number of carbonyl (C=O) groups is 1. The minimum atomic E-state index is 0.234. The highest BCUT2D eigenvalue weighted by atomic mass is 79.9. The molecule has 0 saturated carbocycles. The molecule has 0 unspecified atom stereocenters. The monoisotopic (exact) mass is 346 g/mol. The molecule has 0 bridgehead atoms. The van der Waals surface area contributed by atoms with E-state index in [1.54, 1.807) is 0 Å². The van der Waals surface area contributed by atoms with Gasteiger partial charge in [-0.2, -0.15) is 0 Å². The summed E-state index contributed by atoms with van der Waals surface area (Å²) in [6.07, 6.45) is 5.23. The van der Waals surface area contributed by atoms with Crippen LogP contribution in [0.5, 0.6) is 0 Å². The number of benzene rings is 1. The van der Waals surface area contributed by atoms with Crippen molar-refractivity contribution in [3.63, 3.8) is 0 Å². The third-order valence-corrected chi connectivity index (χ3v) is 3.36. The minimum Gasteiger partial charge on any atom is -0.294 e. The number of hydrogen-bond acceptors (Lipinski definition) is 1. The first-order valence-corrected chi connectivity index (χ1v) is 7.21. The van der Waals surface area contributed by atoms with Crippen LogP contribution < -0.4 is 0 Å². The second-order valence-electron chi connectivity index (χ2n) is 3.89. The summed E-state index contributed by atoms with van der Waals surface area (Å²) in [6.45, 7) is 2.17. The largest absolute Gasteiger partial charge is 0.294 e. The van der Waals surface area contributed by atoms with Gasteiger partial charge in [0.2, 0.25) is 0 Å². The summed E-state index contributed by atoms with van der Waals surface area (Å²) in [6, 6.07) is 5.70. The van der Waals surface area contributed by atoms with Crippen molar-refractivity contribution in [1.29, 1.82) is 0 Å². The van der Waals surface area contributed by atoms with Crippen molar-refractivity contribution in [2.24, 2.45) is 0 Å². The van der Waals surface area contributed by atoms with Gasteiger partial charge in [-0.25, -0.2) is 0 Å². The predicted molar refractivity (Wildman–Crippen MR) is 74.9 cm³/mol. The Bertz CT molecular complexity index is 341. The van der Waals surface area contributed by atoms with Crippen LogP contribution in [0.25, 0.3) is 0 Å². The molecule has 0 radical (unpaired) electrons. The second kappa shape index (κ2) is 7.23. The molecule has 0 saturated heterocycles. The molecule has 0 amide bonds. The number of rotatable bonds is 6. The Balaban J connectivity index is 2.52. The maximum Gasteiger partial charge on any atom is 0.162 e. The maximum atomic E-state index is 11.9. The molecule has 1 aromatic rings. The zero-order valence-corrected chi connectivity index (χ0v) is 12.6. The van der Waals surface area contributed by atoms with Gasteiger partial charge in [0.15, 0.2) is 5.78 Å². The van der Waals surface area contributed by atoms with E-state index in [-0.39, 0.29) is 5.78 Å². The van der Waals surface area contributed by atoms with Crippen LogP contribution in [-0.2, 0) is 0 Å². The van der Waals surface area contributed by atoms with Crippen molar-refractivity contribution in [3.05, 3.63) is 32.7 Å². The van der Waals surface area contributed by atoms with E-state index in [9.17, 15) is 4.79 Å². The summed E-state index contributed by atoms with van der Waals surface area (Å²) >= 11 is 6.78. The number of hydrogen-bond donors (Lipinski definition) is 0. The molecule has 88 valence electrons. The molecule has 0 aromatic heterocycles. The van der Waals surface area contributed by atoms with Crippen LogP contribution in [0.4, 0.5) is 0 Å². The summed E-state index contributed by atoms with van der Waals surface area (Å²) in [7, 11) is 0. The van der Waals surface area contributed by atoms with Gasteiger partial charge in [0, 0.05) is 20.9 Å². The highest BCUT2D eigenvalue weighted by Crippen LogP contribution is 2.21. The van der Waals surface area contributed by atoms with E-state index < -0.39 is 0 Å². The van der Waals surface area contributed by atoms with E-state index in [0.717, 1.165) is 27.4 Å². The molecule has 1 rings (SSSR count). The highest BCUT2D eigenvalue weighted by molar-refractivity contribution is 9.11. The molecule has 0 aliphatic carbocycles. The molecular weight excluding hydrogens is 332 g/mol. The van der Waals surface area contributed by atoms with Crippen molar-refractivity contribution in [1.82, 2.24) is 0 Å². The van der Waals surface area contributed by atoms with Gasteiger partial charge in [-0.3, -0.25) is 4.79 Å². The van der Waals surface area contributed by atoms with Crippen LogP contribution in [0, 0.1) is 0 Å². The Labute approximate surface area is 114 Å². The van der Waals surface area contributed by atoms with E-state index in [1.807, 2.05) is 18.2 Å². The van der Waals surface area contributed by atoms with E-state index >= 15 is 0 Å². The fourth-order valence-electron chi connectivity index (χ4n) is 1.57. The molecule has 0 aliphatic rings. The van der Waals surface area contributed by atoms with Gasteiger partial charge < -0.3 is 0 Å². The van der Waals surface area contributed by atoms with Crippen molar-refractivity contribution >= 4 is 37.6 Å². The molecule has 0 fully saturated rings. The van der Waals surface area contributed by atoms with E-state index in [2.05, 4.69) is 38.8 Å². The van der Waals surface area contributed by atoms with E-state index in [4.69, 9.17) is 0 Å². The standard InChI is InChI=1S/C13H16Br2O/c1-2-3-4-5-6-13(16)10-7-11(14)9-12(15)8-10/h7-9H,2-6H2,1H3. The topological polar surface area (TPSA) is 17.1 Å². The molecule has 0 atom stereocenters. The van der Waals surface area contributed by atoms with Gasteiger partial charge in [0.25, 0.3) is 0 Å². The molecule has 0 aliphatic heterocycles. The molecular formula is C13H16Br2O.